The number of aromatic amines is 1. The van der Waals surface area contributed by atoms with Gasteiger partial charge in [-0.3, -0.25) is 14.2 Å². The molecule has 1 atom stereocenters. The average Bonchev–Trinajstić information content (AvgIpc) is 2.83. The summed E-state index contributed by atoms with van der Waals surface area (Å²) in [4.78, 5) is 28.2. The van der Waals surface area contributed by atoms with Crippen molar-refractivity contribution in [2.24, 2.45) is 5.92 Å². The van der Waals surface area contributed by atoms with Gasteiger partial charge in [0.2, 0.25) is 5.91 Å². The summed E-state index contributed by atoms with van der Waals surface area (Å²) in [6, 6.07) is 1.11. The molecule has 2 aromatic rings. The topological polar surface area (TPSA) is 66.9 Å². The van der Waals surface area contributed by atoms with Gasteiger partial charge in [-0.25, -0.2) is 0 Å². The van der Waals surface area contributed by atoms with E-state index in [1.165, 1.54) is 15.9 Å². The van der Waals surface area contributed by atoms with Gasteiger partial charge >= 0.3 is 0 Å². The number of rotatable bonds is 4. The summed E-state index contributed by atoms with van der Waals surface area (Å²) in [5, 5.41) is 5.21. The molecule has 1 unspecified atom stereocenters. The zero-order chi connectivity index (χ0) is 14.9. The molecule has 5 nitrogen and oxygen atoms in total. The van der Waals surface area contributed by atoms with Crippen molar-refractivity contribution in [3.8, 4) is 0 Å². The van der Waals surface area contributed by atoms with Crippen LogP contribution in [0.25, 0.3) is 10.2 Å². The molecule has 2 N–H and O–H groups in total. The van der Waals surface area contributed by atoms with Crippen molar-refractivity contribution in [2.45, 2.75) is 26.8 Å². The van der Waals surface area contributed by atoms with E-state index in [9.17, 15) is 9.59 Å². The highest BCUT2D eigenvalue weighted by molar-refractivity contribution is 7.71. The molecular formula is C13H17N3O2S2. The summed E-state index contributed by atoms with van der Waals surface area (Å²) in [6.07, 6.45) is 0. The monoisotopic (exact) mass is 311 g/mol. The summed E-state index contributed by atoms with van der Waals surface area (Å²) in [5.74, 6) is 0.159. The van der Waals surface area contributed by atoms with Crippen LogP contribution >= 0.6 is 23.6 Å². The van der Waals surface area contributed by atoms with E-state index in [2.05, 4.69) is 10.3 Å². The van der Waals surface area contributed by atoms with E-state index in [0.29, 0.717) is 17.8 Å². The molecule has 0 aromatic carbocycles. The van der Waals surface area contributed by atoms with E-state index in [0.717, 1.165) is 4.83 Å². The van der Waals surface area contributed by atoms with E-state index in [1.54, 1.807) is 13.0 Å². The van der Waals surface area contributed by atoms with Gasteiger partial charge in [-0.1, -0.05) is 13.8 Å². The Morgan fingerprint density at radius 2 is 2.20 bits per heavy atom. The lowest BCUT2D eigenvalue weighted by Gasteiger charge is -2.16. The Balaban J connectivity index is 2.39. The number of thiophene rings is 1. The normalized spacial score (nSPS) is 12.8. The molecule has 2 rings (SSSR count). The van der Waals surface area contributed by atoms with Crippen molar-refractivity contribution in [3.63, 3.8) is 0 Å². The molecule has 108 valence electrons. The van der Waals surface area contributed by atoms with Gasteiger partial charge in [0, 0.05) is 6.54 Å². The van der Waals surface area contributed by atoms with Crippen molar-refractivity contribution in [3.05, 3.63) is 26.6 Å². The molecule has 2 aromatic heterocycles. The second kappa shape index (κ2) is 5.88. The van der Waals surface area contributed by atoms with Crippen LogP contribution in [0.15, 0.2) is 16.2 Å². The van der Waals surface area contributed by atoms with Gasteiger partial charge in [-0.05, 0) is 36.5 Å². The van der Waals surface area contributed by atoms with Crippen molar-refractivity contribution in [1.29, 1.82) is 0 Å². The Morgan fingerprint density at radius 3 is 2.85 bits per heavy atom. The predicted octanol–water partition coefficient (Wildman–Crippen LogP) is 2.45. The van der Waals surface area contributed by atoms with Crippen LogP contribution in [0.2, 0.25) is 0 Å². The van der Waals surface area contributed by atoms with Crippen LogP contribution in [0.1, 0.15) is 26.8 Å². The number of fused-ring (bicyclic) bond motifs is 1. The summed E-state index contributed by atoms with van der Waals surface area (Å²) >= 11 is 6.62. The Kier molecular flexibility index (Phi) is 4.39. The maximum atomic E-state index is 12.4. The summed E-state index contributed by atoms with van der Waals surface area (Å²) in [6.45, 7) is 6.29. The summed E-state index contributed by atoms with van der Waals surface area (Å²) < 4.78 is 1.61. The minimum atomic E-state index is -0.630. The largest absolute Gasteiger partial charge is 0.354 e. The Labute approximate surface area is 125 Å². The minimum Gasteiger partial charge on any atom is -0.354 e. The molecule has 0 radical (unpaired) electrons. The van der Waals surface area contributed by atoms with Crippen molar-refractivity contribution in [2.75, 3.05) is 6.54 Å². The van der Waals surface area contributed by atoms with E-state index in [-0.39, 0.29) is 16.2 Å². The van der Waals surface area contributed by atoms with Crippen LogP contribution in [0.5, 0.6) is 0 Å². The van der Waals surface area contributed by atoms with E-state index in [4.69, 9.17) is 12.2 Å². The first-order valence-corrected chi connectivity index (χ1v) is 7.70. The summed E-state index contributed by atoms with van der Waals surface area (Å²) in [5.41, 5.74) is -0.225. The highest BCUT2D eigenvalue weighted by Gasteiger charge is 2.19. The van der Waals surface area contributed by atoms with Gasteiger partial charge in [0.25, 0.3) is 5.56 Å². The molecule has 0 aliphatic heterocycles. The fraction of sp³-hybridized carbons (Fsp3) is 0.462. The molecule has 0 aliphatic carbocycles. The molecule has 7 heteroatoms. The number of aromatic nitrogens is 2. The van der Waals surface area contributed by atoms with Crippen LogP contribution in [0.4, 0.5) is 0 Å². The highest BCUT2D eigenvalue weighted by atomic mass is 32.1. The number of carbonyl (C=O) groups excluding carboxylic acids is 1. The summed E-state index contributed by atoms with van der Waals surface area (Å²) in [7, 11) is 0. The second-order valence-electron chi connectivity index (χ2n) is 5.08. The number of hydrogen-bond donors (Lipinski definition) is 2. The molecule has 2 heterocycles. The van der Waals surface area contributed by atoms with Crippen molar-refractivity contribution >= 4 is 39.7 Å². The lowest BCUT2D eigenvalue weighted by atomic mass is 10.2. The maximum absolute atomic E-state index is 12.4. The number of H-pyrrole nitrogens is 1. The van der Waals surface area contributed by atoms with Crippen LogP contribution in [-0.2, 0) is 4.79 Å². The molecule has 0 saturated heterocycles. The number of nitrogens with one attached hydrogen (secondary N) is 2. The Hall–Kier alpha value is -1.47. The first-order chi connectivity index (χ1) is 9.41. The lowest BCUT2D eigenvalue weighted by molar-refractivity contribution is -0.124. The first kappa shape index (κ1) is 14.9. The molecule has 0 aliphatic rings. The zero-order valence-corrected chi connectivity index (χ0v) is 13.2. The van der Waals surface area contributed by atoms with E-state index >= 15 is 0 Å². The van der Waals surface area contributed by atoms with Crippen LogP contribution in [0.3, 0.4) is 0 Å². The van der Waals surface area contributed by atoms with Gasteiger partial charge < -0.3 is 10.3 Å². The van der Waals surface area contributed by atoms with Crippen molar-refractivity contribution < 1.29 is 4.79 Å². The smallest absolute Gasteiger partial charge is 0.263 e. The fourth-order valence-corrected chi connectivity index (χ4v) is 3.06. The third-order valence-electron chi connectivity index (χ3n) is 3.00. The SMILES string of the molecule is CC(C)CNC(=O)C(C)n1c(=S)[nH]c2sccc2c1=O. The first-order valence-electron chi connectivity index (χ1n) is 6.41. The third-order valence-corrected chi connectivity index (χ3v) is 4.13. The maximum Gasteiger partial charge on any atom is 0.263 e. The second-order valence-corrected chi connectivity index (χ2v) is 6.39. The Morgan fingerprint density at radius 1 is 1.50 bits per heavy atom. The predicted molar refractivity (Wildman–Crippen MR) is 83.8 cm³/mol. The number of amides is 1. The van der Waals surface area contributed by atoms with Crippen LogP contribution < -0.4 is 10.9 Å². The van der Waals surface area contributed by atoms with Gasteiger partial charge in [0.15, 0.2) is 4.77 Å². The average molecular weight is 311 g/mol. The van der Waals surface area contributed by atoms with Gasteiger partial charge in [0.1, 0.15) is 10.9 Å². The highest BCUT2D eigenvalue weighted by Crippen LogP contribution is 2.15. The number of nitrogens with zero attached hydrogens (tertiary/aromatic N) is 1. The van der Waals surface area contributed by atoms with E-state index in [1.807, 2.05) is 19.2 Å². The molecule has 1 amide bonds. The molecule has 0 bridgehead atoms. The van der Waals surface area contributed by atoms with Crippen LogP contribution in [0, 0.1) is 10.7 Å². The zero-order valence-electron chi connectivity index (χ0n) is 11.6. The molecule has 0 spiro atoms. The van der Waals surface area contributed by atoms with Crippen molar-refractivity contribution in [1.82, 2.24) is 14.9 Å². The van der Waals surface area contributed by atoms with Crippen LogP contribution in [-0.4, -0.2) is 22.0 Å². The quantitative estimate of drug-likeness (QED) is 0.852. The van der Waals surface area contributed by atoms with Gasteiger partial charge in [-0.2, -0.15) is 0 Å². The minimum absolute atomic E-state index is 0.199. The molecule has 0 fully saturated rings. The molecule has 20 heavy (non-hydrogen) atoms. The fourth-order valence-electron chi connectivity index (χ4n) is 1.88. The molecular weight excluding hydrogens is 294 g/mol. The third kappa shape index (κ3) is 2.83. The van der Waals surface area contributed by atoms with Gasteiger partial charge in [-0.15, -0.1) is 11.3 Å². The van der Waals surface area contributed by atoms with E-state index < -0.39 is 6.04 Å². The number of carbonyl (C=O) groups is 1. The standard InChI is InChI=1S/C13H17N3O2S2/c1-7(2)6-14-10(17)8(3)16-12(18)9-4-5-20-11(9)15-13(16)19/h4-5,7-8H,6H2,1-3H3,(H,14,17)(H,15,19). The lowest BCUT2D eigenvalue weighted by Crippen LogP contribution is -2.37. The molecule has 0 saturated carbocycles. The van der Waals surface area contributed by atoms with Gasteiger partial charge in [0.05, 0.1) is 5.39 Å². The number of hydrogen-bond acceptors (Lipinski definition) is 4. The Bertz CT molecular complexity index is 742.